The van der Waals surface area contributed by atoms with Gasteiger partial charge in [-0.1, -0.05) is 6.92 Å². The van der Waals surface area contributed by atoms with Crippen LogP contribution in [0, 0.1) is 6.92 Å². The summed E-state index contributed by atoms with van der Waals surface area (Å²) in [6.45, 7) is 6.40. The largest absolute Gasteiger partial charge is 0.380 e. The number of ether oxygens (including phenoxy) is 1. The Morgan fingerprint density at radius 3 is 2.77 bits per heavy atom. The molecule has 0 radical (unpaired) electrons. The van der Waals surface area contributed by atoms with Gasteiger partial charge in [0.15, 0.2) is 17.0 Å². The van der Waals surface area contributed by atoms with Crippen LogP contribution >= 0.6 is 0 Å². The van der Waals surface area contributed by atoms with Gasteiger partial charge >= 0.3 is 0 Å². The molecule has 1 N–H and O–H groups in total. The Labute approximate surface area is 174 Å². The van der Waals surface area contributed by atoms with Gasteiger partial charge in [-0.3, -0.25) is 4.79 Å². The standard InChI is InChI=1S/C20H26N8O2/c1-4-15(20(29)28-6-5-8-30-9-7-28)25-17-16-19(24-12-23-17)27(3)18(26-16)14-10-21-13(2)22-11-14/h10-12,15H,4-9H2,1-3H3,(H,23,24,25)/t15-/m0/s1. The molecule has 3 aromatic heterocycles. The zero-order valence-corrected chi connectivity index (χ0v) is 17.5. The lowest BCUT2D eigenvalue weighted by Crippen LogP contribution is -2.44. The van der Waals surface area contributed by atoms with Crippen molar-refractivity contribution in [3.05, 3.63) is 24.5 Å². The topological polar surface area (TPSA) is 111 Å². The minimum absolute atomic E-state index is 0.0536. The van der Waals surface area contributed by atoms with Crippen molar-refractivity contribution in [2.45, 2.75) is 32.7 Å². The van der Waals surface area contributed by atoms with Gasteiger partial charge in [-0.2, -0.15) is 0 Å². The van der Waals surface area contributed by atoms with Gasteiger partial charge in [-0.05, 0) is 19.8 Å². The summed E-state index contributed by atoms with van der Waals surface area (Å²) >= 11 is 0. The average molecular weight is 410 g/mol. The summed E-state index contributed by atoms with van der Waals surface area (Å²) in [5.41, 5.74) is 2.08. The van der Waals surface area contributed by atoms with E-state index in [9.17, 15) is 4.79 Å². The van der Waals surface area contributed by atoms with E-state index in [0.717, 1.165) is 12.0 Å². The number of anilines is 1. The Morgan fingerprint density at radius 1 is 1.20 bits per heavy atom. The Bertz CT molecular complexity index is 1030. The summed E-state index contributed by atoms with van der Waals surface area (Å²) in [6, 6.07) is -0.394. The summed E-state index contributed by atoms with van der Waals surface area (Å²) in [7, 11) is 1.89. The SMILES string of the molecule is CC[C@H](Nc1ncnc2c1nc(-c1cnc(C)nc1)n2C)C(=O)N1CCCOCC1. The van der Waals surface area contributed by atoms with Gasteiger partial charge in [0, 0.05) is 39.1 Å². The fourth-order valence-electron chi connectivity index (χ4n) is 3.56. The molecule has 1 fully saturated rings. The van der Waals surface area contributed by atoms with E-state index in [2.05, 4.69) is 25.3 Å². The summed E-state index contributed by atoms with van der Waals surface area (Å²) in [5.74, 6) is 1.99. The van der Waals surface area contributed by atoms with Crippen LogP contribution in [-0.2, 0) is 16.6 Å². The van der Waals surface area contributed by atoms with E-state index < -0.39 is 6.04 Å². The number of carbonyl (C=O) groups excluding carboxylic acids is 1. The number of nitrogens with zero attached hydrogens (tertiary/aromatic N) is 7. The summed E-state index contributed by atoms with van der Waals surface area (Å²) < 4.78 is 7.35. The lowest BCUT2D eigenvalue weighted by molar-refractivity contribution is -0.132. The number of hydrogen-bond acceptors (Lipinski definition) is 8. The second kappa shape index (κ2) is 8.70. The smallest absolute Gasteiger partial charge is 0.245 e. The molecule has 158 valence electrons. The van der Waals surface area contributed by atoms with Gasteiger partial charge in [0.2, 0.25) is 5.91 Å². The van der Waals surface area contributed by atoms with E-state index in [4.69, 9.17) is 9.72 Å². The van der Waals surface area contributed by atoms with Crippen LogP contribution < -0.4 is 5.32 Å². The molecule has 1 amide bonds. The third-order valence-electron chi connectivity index (χ3n) is 5.25. The highest BCUT2D eigenvalue weighted by Crippen LogP contribution is 2.25. The number of nitrogens with one attached hydrogen (secondary N) is 1. The fourth-order valence-corrected chi connectivity index (χ4v) is 3.56. The predicted octanol–water partition coefficient (Wildman–Crippen LogP) is 1.57. The minimum Gasteiger partial charge on any atom is -0.380 e. The Hall–Kier alpha value is -3.14. The Balaban J connectivity index is 1.64. The van der Waals surface area contributed by atoms with E-state index in [1.54, 1.807) is 12.4 Å². The molecule has 1 aliphatic rings. The molecule has 1 aliphatic heterocycles. The van der Waals surface area contributed by atoms with Crippen molar-refractivity contribution in [2.75, 3.05) is 31.6 Å². The first kappa shape index (κ1) is 20.1. The van der Waals surface area contributed by atoms with E-state index in [-0.39, 0.29) is 5.91 Å². The molecule has 4 rings (SSSR count). The Morgan fingerprint density at radius 2 is 2.00 bits per heavy atom. The quantitative estimate of drug-likeness (QED) is 0.675. The van der Waals surface area contributed by atoms with Crippen molar-refractivity contribution in [3.8, 4) is 11.4 Å². The maximum absolute atomic E-state index is 13.1. The molecule has 1 saturated heterocycles. The molecule has 0 aliphatic carbocycles. The molecule has 3 aromatic rings. The molecule has 0 spiro atoms. The molecule has 10 heteroatoms. The Kier molecular flexibility index (Phi) is 5.84. The van der Waals surface area contributed by atoms with E-state index >= 15 is 0 Å². The minimum atomic E-state index is -0.394. The molecular formula is C20H26N8O2. The van der Waals surface area contributed by atoms with Crippen LogP contribution in [0.25, 0.3) is 22.6 Å². The average Bonchev–Trinajstić information content (AvgIpc) is 2.94. The molecule has 30 heavy (non-hydrogen) atoms. The van der Waals surface area contributed by atoms with Gasteiger partial charge in [-0.25, -0.2) is 24.9 Å². The van der Waals surface area contributed by atoms with Crippen LogP contribution in [0.1, 0.15) is 25.6 Å². The maximum Gasteiger partial charge on any atom is 0.245 e. The molecular weight excluding hydrogens is 384 g/mol. The van der Waals surface area contributed by atoms with Crippen molar-refractivity contribution >= 4 is 22.9 Å². The zero-order valence-electron chi connectivity index (χ0n) is 17.5. The second-order valence-electron chi connectivity index (χ2n) is 7.30. The molecule has 0 bridgehead atoms. The summed E-state index contributed by atoms with van der Waals surface area (Å²) in [6.07, 6.45) is 6.45. The number of fused-ring (bicyclic) bond motifs is 1. The van der Waals surface area contributed by atoms with Gasteiger partial charge < -0.3 is 19.5 Å². The number of aromatic nitrogens is 6. The van der Waals surface area contributed by atoms with E-state index in [0.29, 0.717) is 61.4 Å². The van der Waals surface area contributed by atoms with E-state index in [1.807, 2.05) is 30.4 Å². The van der Waals surface area contributed by atoms with Crippen molar-refractivity contribution in [2.24, 2.45) is 7.05 Å². The number of amides is 1. The van der Waals surface area contributed by atoms with Crippen LogP contribution in [0.3, 0.4) is 0 Å². The summed E-state index contributed by atoms with van der Waals surface area (Å²) in [4.78, 5) is 36.9. The number of rotatable bonds is 5. The van der Waals surface area contributed by atoms with Gasteiger partial charge in [0.25, 0.3) is 0 Å². The lowest BCUT2D eigenvalue weighted by atomic mass is 10.2. The zero-order chi connectivity index (χ0) is 21.1. The number of hydrogen-bond donors (Lipinski definition) is 1. The molecule has 0 unspecified atom stereocenters. The van der Waals surface area contributed by atoms with Crippen LogP contribution in [0.5, 0.6) is 0 Å². The predicted molar refractivity (Wildman–Crippen MR) is 112 cm³/mol. The highest BCUT2D eigenvalue weighted by molar-refractivity contribution is 5.90. The normalized spacial score (nSPS) is 15.8. The van der Waals surface area contributed by atoms with Gasteiger partial charge in [-0.15, -0.1) is 0 Å². The van der Waals surface area contributed by atoms with Crippen molar-refractivity contribution in [1.82, 2.24) is 34.4 Å². The number of imidazole rings is 1. The van der Waals surface area contributed by atoms with Crippen LogP contribution in [0.4, 0.5) is 5.82 Å². The summed E-state index contributed by atoms with van der Waals surface area (Å²) in [5, 5.41) is 3.30. The molecule has 0 saturated carbocycles. The molecule has 1 atom stereocenters. The first-order chi connectivity index (χ1) is 14.6. The van der Waals surface area contributed by atoms with Crippen molar-refractivity contribution in [3.63, 3.8) is 0 Å². The third-order valence-corrected chi connectivity index (χ3v) is 5.25. The van der Waals surface area contributed by atoms with Crippen molar-refractivity contribution < 1.29 is 9.53 Å². The maximum atomic E-state index is 13.1. The molecule has 4 heterocycles. The van der Waals surface area contributed by atoms with Crippen LogP contribution in [0.2, 0.25) is 0 Å². The first-order valence-electron chi connectivity index (χ1n) is 10.2. The first-order valence-corrected chi connectivity index (χ1v) is 10.2. The highest BCUT2D eigenvalue weighted by Gasteiger charge is 2.25. The van der Waals surface area contributed by atoms with Gasteiger partial charge in [0.1, 0.15) is 24.0 Å². The van der Waals surface area contributed by atoms with Crippen molar-refractivity contribution in [1.29, 1.82) is 0 Å². The second-order valence-corrected chi connectivity index (χ2v) is 7.30. The van der Waals surface area contributed by atoms with Crippen LogP contribution in [-0.4, -0.2) is 72.6 Å². The molecule has 10 nitrogen and oxygen atoms in total. The number of carbonyl (C=O) groups is 1. The fraction of sp³-hybridized carbons (Fsp3) is 0.500. The van der Waals surface area contributed by atoms with Gasteiger partial charge in [0.05, 0.1) is 12.2 Å². The molecule has 0 aromatic carbocycles. The highest BCUT2D eigenvalue weighted by atomic mass is 16.5. The van der Waals surface area contributed by atoms with E-state index in [1.165, 1.54) is 6.33 Å². The third kappa shape index (κ3) is 3.95. The lowest BCUT2D eigenvalue weighted by Gasteiger charge is -2.26. The monoisotopic (exact) mass is 410 g/mol. The number of aryl methyl sites for hydroxylation is 2. The van der Waals surface area contributed by atoms with Crippen LogP contribution in [0.15, 0.2) is 18.7 Å².